The number of hydrogen-bond donors (Lipinski definition) is 3. The lowest BCUT2D eigenvalue weighted by molar-refractivity contribution is -0.122. The Morgan fingerprint density at radius 2 is 1.68 bits per heavy atom. The first-order valence-electron chi connectivity index (χ1n) is 8.74. The molecule has 8 heteroatoms. The summed E-state index contributed by atoms with van der Waals surface area (Å²) in [6.07, 6.45) is 2.00. The SMILES string of the molecule is O=C(CCCOc1ccccc1)NNC(=O)c1nn(-c2ccccc2)cc1O. The summed E-state index contributed by atoms with van der Waals surface area (Å²) < 4.78 is 6.88. The summed E-state index contributed by atoms with van der Waals surface area (Å²) in [6, 6.07) is 18.3. The van der Waals surface area contributed by atoms with Crippen LogP contribution in [0.3, 0.4) is 0 Å². The van der Waals surface area contributed by atoms with E-state index in [1.165, 1.54) is 10.9 Å². The molecule has 144 valence electrons. The van der Waals surface area contributed by atoms with Crippen molar-refractivity contribution >= 4 is 11.8 Å². The van der Waals surface area contributed by atoms with Crippen LogP contribution in [-0.4, -0.2) is 33.3 Å². The number of carbonyl (C=O) groups is 2. The van der Waals surface area contributed by atoms with E-state index < -0.39 is 5.91 Å². The lowest BCUT2D eigenvalue weighted by Gasteiger charge is -2.07. The summed E-state index contributed by atoms with van der Waals surface area (Å²) in [7, 11) is 0. The van der Waals surface area contributed by atoms with Crippen molar-refractivity contribution in [2.75, 3.05) is 6.61 Å². The van der Waals surface area contributed by atoms with Gasteiger partial charge in [-0.05, 0) is 30.7 Å². The van der Waals surface area contributed by atoms with Gasteiger partial charge in [-0.1, -0.05) is 36.4 Å². The fourth-order valence-corrected chi connectivity index (χ4v) is 2.43. The second-order valence-electron chi connectivity index (χ2n) is 5.91. The zero-order valence-corrected chi connectivity index (χ0v) is 15.0. The minimum absolute atomic E-state index is 0.178. The van der Waals surface area contributed by atoms with Crippen molar-refractivity contribution in [3.8, 4) is 17.2 Å². The van der Waals surface area contributed by atoms with Gasteiger partial charge < -0.3 is 9.84 Å². The summed E-state index contributed by atoms with van der Waals surface area (Å²) >= 11 is 0. The molecule has 3 rings (SSSR count). The molecule has 0 saturated heterocycles. The molecule has 0 aliphatic carbocycles. The van der Waals surface area contributed by atoms with Gasteiger partial charge in [0.25, 0.3) is 5.91 Å². The lowest BCUT2D eigenvalue weighted by atomic mass is 10.3. The number of nitrogens with zero attached hydrogens (tertiary/aromatic N) is 2. The molecule has 0 aliphatic rings. The first kappa shape index (κ1) is 19.0. The predicted octanol–water partition coefficient (Wildman–Crippen LogP) is 2.20. The Morgan fingerprint density at radius 3 is 2.39 bits per heavy atom. The number of benzene rings is 2. The molecule has 1 heterocycles. The second-order valence-corrected chi connectivity index (χ2v) is 5.91. The Balaban J connectivity index is 1.43. The van der Waals surface area contributed by atoms with Gasteiger partial charge in [-0.3, -0.25) is 20.4 Å². The maximum absolute atomic E-state index is 12.1. The molecule has 3 N–H and O–H groups in total. The van der Waals surface area contributed by atoms with Gasteiger partial charge in [-0.25, -0.2) is 4.68 Å². The van der Waals surface area contributed by atoms with E-state index in [0.717, 1.165) is 5.75 Å². The largest absolute Gasteiger partial charge is 0.504 e. The molecule has 28 heavy (non-hydrogen) atoms. The molecular weight excluding hydrogens is 360 g/mol. The molecule has 0 atom stereocenters. The van der Waals surface area contributed by atoms with Crippen molar-refractivity contribution in [1.82, 2.24) is 20.6 Å². The number of amides is 2. The Labute approximate surface area is 161 Å². The molecule has 8 nitrogen and oxygen atoms in total. The van der Waals surface area contributed by atoms with Gasteiger partial charge in [0.1, 0.15) is 5.75 Å². The van der Waals surface area contributed by atoms with Crippen LogP contribution in [0.1, 0.15) is 23.3 Å². The van der Waals surface area contributed by atoms with Crippen LogP contribution in [0.15, 0.2) is 66.9 Å². The third kappa shape index (κ3) is 5.10. The van der Waals surface area contributed by atoms with E-state index in [9.17, 15) is 14.7 Å². The van der Waals surface area contributed by atoms with Crippen LogP contribution in [0, 0.1) is 0 Å². The lowest BCUT2D eigenvalue weighted by Crippen LogP contribution is -2.41. The van der Waals surface area contributed by atoms with Crippen LogP contribution in [0.25, 0.3) is 5.69 Å². The van der Waals surface area contributed by atoms with E-state index in [0.29, 0.717) is 18.7 Å². The number of ether oxygens (including phenoxy) is 1. The summed E-state index contributed by atoms with van der Waals surface area (Å²) in [6.45, 7) is 0.383. The highest BCUT2D eigenvalue weighted by atomic mass is 16.5. The Bertz CT molecular complexity index is 926. The van der Waals surface area contributed by atoms with Gasteiger partial charge in [-0.15, -0.1) is 0 Å². The Hall–Kier alpha value is -3.81. The van der Waals surface area contributed by atoms with Gasteiger partial charge in [0.2, 0.25) is 5.91 Å². The summed E-state index contributed by atoms with van der Waals surface area (Å²) in [5.74, 6) is -0.624. The van der Waals surface area contributed by atoms with Crippen LogP contribution in [0.5, 0.6) is 11.5 Å². The molecule has 0 unspecified atom stereocenters. The third-order valence-corrected chi connectivity index (χ3v) is 3.81. The van der Waals surface area contributed by atoms with Crippen LogP contribution in [-0.2, 0) is 4.79 Å². The monoisotopic (exact) mass is 380 g/mol. The van der Waals surface area contributed by atoms with Gasteiger partial charge in [0.05, 0.1) is 18.5 Å². The number of carbonyl (C=O) groups excluding carboxylic acids is 2. The number of hydrazine groups is 1. The number of para-hydroxylation sites is 2. The maximum atomic E-state index is 12.1. The average molecular weight is 380 g/mol. The quantitative estimate of drug-likeness (QED) is 0.430. The first-order chi connectivity index (χ1) is 13.6. The molecule has 1 aromatic heterocycles. The summed E-state index contributed by atoms with van der Waals surface area (Å²) in [5.41, 5.74) is 5.06. The van der Waals surface area contributed by atoms with E-state index in [1.807, 2.05) is 48.5 Å². The summed E-state index contributed by atoms with van der Waals surface area (Å²) in [4.78, 5) is 24.0. The molecule has 2 amide bonds. The van der Waals surface area contributed by atoms with Crippen molar-refractivity contribution in [2.24, 2.45) is 0 Å². The third-order valence-electron chi connectivity index (χ3n) is 3.81. The van der Waals surface area contributed by atoms with E-state index in [4.69, 9.17) is 4.74 Å². The molecule has 0 fully saturated rings. The average Bonchev–Trinajstić information content (AvgIpc) is 3.12. The molecule has 0 aliphatic heterocycles. The van der Waals surface area contributed by atoms with E-state index in [1.54, 1.807) is 12.1 Å². The zero-order valence-electron chi connectivity index (χ0n) is 15.0. The van der Waals surface area contributed by atoms with E-state index in [-0.39, 0.29) is 23.8 Å². The first-order valence-corrected chi connectivity index (χ1v) is 8.74. The molecule has 0 spiro atoms. The van der Waals surface area contributed by atoms with Crippen molar-refractivity contribution in [3.63, 3.8) is 0 Å². The van der Waals surface area contributed by atoms with E-state index in [2.05, 4.69) is 16.0 Å². The summed E-state index contributed by atoms with van der Waals surface area (Å²) in [5, 5.41) is 14.0. The van der Waals surface area contributed by atoms with Gasteiger partial charge in [0.15, 0.2) is 11.4 Å². The normalized spacial score (nSPS) is 10.3. The number of aromatic nitrogens is 2. The molecule has 3 aromatic rings. The predicted molar refractivity (Wildman–Crippen MR) is 102 cm³/mol. The van der Waals surface area contributed by atoms with E-state index >= 15 is 0 Å². The number of nitrogens with one attached hydrogen (secondary N) is 2. The minimum Gasteiger partial charge on any atom is -0.504 e. The molecule has 0 radical (unpaired) electrons. The maximum Gasteiger partial charge on any atom is 0.294 e. The number of aromatic hydroxyl groups is 1. The minimum atomic E-state index is -0.707. The highest BCUT2D eigenvalue weighted by molar-refractivity contribution is 5.95. The highest BCUT2D eigenvalue weighted by Crippen LogP contribution is 2.17. The molecule has 0 bridgehead atoms. The fourth-order valence-electron chi connectivity index (χ4n) is 2.43. The van der Waals surface area contributed by atoms with Crippen LogP contribution in [0.2, 0.25) is 0 Å². The van der Waals surface area contributed by atoms with Crippen molar-refractivity contribution in [2.45, 2.75) is 12.8 Å². The highest BCUT2D eigenvalue weighted by Gasteiger charge is 2.17. The smallest absolute Gasteiger partial charge is 0.294 e. The topological polar surface area (TPSA) is 105 Å². The second kappa shape index (κ2) is 9.22. The number of rotatable bonds is 7. The zero-order chi connectivity index (χ0) is 19.8. The molecule has 2 aromatic carbocycles. The van der Waals surface area contributed by atoms with Gasteiger partial charge >= 0.3 is 0 Å². The van der Waals surface area contributed by atoms with Crippen LogP contribution < -0.4 is 15.6 Å². The van der Waals surface area contributed by atoms with Crippen molar-refractivity contribution < 1.29 is 19.4 Å². The van der Waals surface area contributed by atoms with Crippen molar-refractivity contribution in [3.05, 3.63) is 72.6 Å². The number of hydrogen-bond acceptors (Lipinski definition) is 5. The van der Waals surface area contributed by atoms with Crippen LogP contribution >= 0.6 is 0 Å². The Kier molecular flexibility index (Phi) is 6.25. The standard InChI is InChI=1S/C20H20N4O4/c25-17-14-24(15-8-3-1-4-9-15)23-19(17)20(27)22-21-18(26)12-7-13-28-16-10-5-2-6-11-16/h1-6,8-11,14,25H,7,12-13H2,(H,21,26)(H,22,27). The van der Waals surface area contributed by atoms with Crippen LogP contribution in [0.4, 0.5) is 0 Å². The van der Waals surface area contributed by atoms with Crippen molar-refractivity contribution in [1.29, 1.82) is 0 Å². The van der Waals surface area contributed by atoms with Gasteiger partial charge in [0, 0.05) is 6.42 Å². The molecular formula is C20H20N4O4. The fraction of sp³-hybridized carbons (Fsp3) is 0.150. The van der Waals surface area contributed by atoms with Gasteiger partial charge in [-0.2, -0.15) is 5.10 Å². The molecule has 0 saturated carbocycles. The Morgan fingerprint density at radius 1 is 1.00 bits per heavy atom.